The van der Waals surface area contributed by atoms with Crippen molar-refractivity contribution in [2.75, 3.05) is 31.5 Å². The van der Waals surface area contributed by atoms with Crippen LogP contribution in [0.2, 0.25) is 0 Å². The summed E-state index contributed by atoms with van der Waals surface area (Å²) < 4.78 is 0. The smallest absolute Gasteiger partial charge is 0.138 e. The van der Waals surface area contributed by atoms with Crippen molar-refractivity contribution in [2.24, 2.45) is 5.92 Å². The van der Waals surface area contributed by atoms with Gasteiger partial charge in [-0.15, -0.1) is 11.3 Å². The fraction of sp³-hybridized carbons (Fsp3) is 0.600. The molecular formula is C15H22N4S. The molecule has 1 aliphatic rings. The molecule has 5 heteroatoms. The third kappa shape index (κ3) is 3.27. The Morgan fingerprint density at radius 3 is 3.00 bits per heavy atom. The van der Waals surface area contributed by atoms with Gasteiger partial charge in [-0.2, -0.15) is 0 Å². The number of hydrogen-bond donors (Lipinski definition) is 1. The Morgan fingerprint density at radius 2 is 2.15 bits per heavy atom. The van der Waals surface area contributed by atoms with Crippen molar-refractivity contribution >= 4 is 27.4 Å². The van der Waals surface area contributed by atoms with Gasteiger partial charge in [0.25, 0.3) is 0 Å². The highest BCUT2D eigenvalue weighted by atomic mass is 32.1. The number of rotatable bonds is 5. The molecule has 1 atom stereocenters. The molecule has 1 aliphatic heterocycles. The van der Waals surface area contributed by atoms with Gasteiger partial charge in [0.1, 0.15) is 17.0 Å². The van der Waals surface area contributed by atoms with Crippen molar-refractivity contribution in [2.45, 2.75) is 26.2 Å². The van der Waals surface area contributed by atoms with Crippen molar-refractivity contribution in [1.82, 2.24) is 14.9 Å². The zero-order chi connectivity index (χ0) is 13.8. The molecule has 0 amide bonds. The molecule has 1 fully saturated rings. The minimum Gasteiger partial charge on any atom is -0.369 e. The molecule has 3 rings (SSSR count). The first kappa shape index (κ1) is 13.8. The summed E-state index contributed by atoms with van der Waals surface area (Å²) in [6, 6.07) is 2.09. The summed E-state index contributed by atoms with van der Waals surface area (Å²) in [7, 11) is 0. The molecule has 0 unspecified atom stereocenters. The number of thiophene rings is 1. The SMILES string of the molecule is C[C@@H](CNc1ncnc2sccc12)CN1CCCCC1. The fourth-order valence-electron chi connectivity index (χ4n) is 2.85. The van der Waals surface area contributed by atoms with Crippen LogP contribution in [0.15, 0.2) is 17.8 Å². The van der Waals surface area contributed by atoms with Gasteiger partial charge >= 0.3 is 0 Å². The van der Waals surface area contributed by atoms with Crippen molar-refractivity contribution in [1.29, 1.82) is 0 Å². The second-order valence-corrected chi connectivity index (χ2v) is 6.60. The number of aromatic nitrogens is 2. The number of piperidine rings is 1. The number of anilines is 1. The zero-order valence-corrected chi connectivity index (χ0v) is 12.8. The lowest BCUT2D eigenvalue weighted by molar-refractivity contribution is 0.204. The lowest BCUT2D eigenvalue weighted by Crippen LogP contribution is -2.35. The fourth-order valence-corrected chi connectivity index (χ4v) is 3.58. The Morgan fingerprint density at radius 1 is 1.30 bits per heavy atom. The maximum atomic E-state index is 4.37. The zero-order valence-electron chi connectivity index (χ0n) is 12.0. The van der Waals surface area contributed by atoms with Gasteiger partial charge in [-0.25, -0.2) is 9.97 Å². The molecule has 0 spiro atoms. The van der Waals surface area contributed by atoms with Gasteiger partial charge in [-0.05, 0) is 43.3 Å². The average molecular weight is 290 g/mol. The van der Waals surface area contributed by atoms with Crippen LogP contribution in [0.4, 0.5) is 5.82 Å². The van der Waals surface area contributed by atoms with Gasteiger partial charge in [-0.3, -0.25) is 0 Å². The molecule has 0 aliphatic carbocycles. The molecule has 0 radical (unpaired) electrons. The van der Waals surface area contributed by atoms with Gasteiger partial charge in [0.15, 0.2) is 0 Å². The predicted octanol–water partition coefficient (Wildman–Crippen LogP) is 3.23. The van der Waals surface area contributed by atoms with Gasteiger partial charge in [-0.1, -0.05) is 13.3 Å². The minimum absolute atomic E-state index is 0.636. The topological polar surface area (TPSA) is 41.1 Å². The average Bonchev–Trinajstić information content (AvgIpc) is 2.95. The second-order valence-electron chi connectivity index (χ2n) is 5.71. The van der Waals surface area contributed by atoms with E-state index >= 15 is 0 Å². The monoisotopic (exact) mass is 290 g/mol. The molecule has 108 valence electrons. The van der Waals surface area contributed by atoms with E-state index in [0.29, 0.717) is 5.92 Å². The van der Waals surface area contributed by atoms with E-state index < -0.39 is 0 Å². The van der Waals surface area contributed by atoms with E-state index in [1.165, 1.54) is 38.9 Å². The van der Waals surface area contributed by atoms with E-state index in [4.69, 9.17) is 0 Å². The van der Waals surface area contributed by atoms with Crippen LogP contribution in [-0.4, -0.2) is 41.0 Å². The molecule has 1 saturated heterocycles. The van der Waals surface area contributed by atoms with Gasteiger partial charge in [0.05, 0.1) is 5.39 Å². The lowest BCUT2D eigenvalue weighted by Gasteiger charge is -2.29. The summed E-state index contributed by atoms with van der Waals surface area (Å²) in [5.74, 6) is 1.61. The molecule has 2 aromatic rings. The van der Waals surface area contributed by atoms with E-state index in [1.54, 1.807) is 17.7 Å². The quantitative estimate of drug-likeness (QED) is 0.918. The second kappa shape index (κ2) is 6.50. The third-order valence-electron chi connectivity index (χ3n) is 3.90. The highest BCUT2D eigenvalue weighted by Crippen LogP contribution is 2.23. The Hall–Kier alpha value is -1.20. The van der Waals surface area contributed by atoms with E-state index in [2.05, 4.69) is 38.6 Å². The van der Waals surface area contributed by atoms with Crippen LogP contribution in [0, 0.1) is 5.92 Å². The van der Waals surface area contributed by atoms with Crippen molar-refractivity contribution in [3.63, 3.8) is 0 Å². The highest BCUT2D eigenvalue weighted by Gasteiger charge is 2.13. The highest BCUT2D eigenvalue weighted by molar-refractivity contribution is 7.16. The standard InChI is InChI=1S/C15H22N4S/c1-12(10-19-6-3-2-4-7-19)9-16-14-13-5-8-20-15(13)18-11-17-14/h5,8,11-12H,2-4,6-7,9-10H2,1H3,(H,16,17,18)/t12-/m0/s1. The van der Waals surface area contributed by atoms with Crippen LogP contribution in [-0.2, 0) is 0 Å². The molecule has 2 aromatic heterocycles. The van der Waals surface area contributed by atoms with Gasteiger partial charge in [0.2, 0.25) is 0 Å². The van der Waals surface area contributed by atoms with E-state index in [0.717, 1.165) is 22.6 Å². The molecule has 0 aromatic carbocycles. The predicted molar refractivity (Wildman–Crippen MR) is 85.4 cm³/mol. The first-order valence-electron chi connectivity index (χ1n) is 7.47. The summed E-state index contributed by atoms with van der Waals surface area (Å²) in [6.07, 6.45) is 5.78. The third-order valence-corrected chi connectivity index (χ3v) is 4.72. The first-order chi connectivity index (χ1) is 9.83. The van der Waals surface area contributed by atoms with E-state index in [9.17, 15) is 0 Å². The normalized spacial score (nSPS) is 18.2. The van der Waals surface area contributed by atoms with E-state index in [-0.39, 0.29) is 0 Å². The van der Waals surface area contributed by atoms with Crippen LogP contribution < -0.4 is 5.32 Å². The number of nitrogens with one attached hydrogen (secondary N) is 1. The molecule has 0 bridgehead atoms. The lowest BCUT2D eigenvalue weighted by atomic mass is 10.1. The summed E-state index contributed by atoms with van der Waals surface area (Å²) >= 11 is 1.66. The number of fused-ring (bicyclic) bond motifs is 1. The van der Waals surface area contributed by atoms with Crippen molar-refractivity contribution < 1.29 is 0 Å². The Bertz CT molecular complexity index is 548. The van der Waals surface area contributed by atoms with Crippen LogP contribution in [0.1, 0.15) is 26.2 Å². The number of hydrogen-bond acceptors (Lipinski definition) is 5. The largest absolute Gasteiger partial charge is 0.369 e. The molecule has 20 heavy (non-hydrogen) atoms. The summed E-state index contributed by atoms with van der Waals surface area (Å²) in [5.41, 5.74) is 0. The summed E-state index contributed by atoms with van der Waals surface area (Å²) in [6.45, 7) is 7.01. The maximum absolute atomic E-state index is 4.37. The molecular weight excluding hydrogens is 268 g/mol. The molecule has 0 saturated carbocycles. The van der Waals surface area contributed by atoms with Crippen molar-refractivity contribution in [3.05, 3.63) is 17.8 Å². The Kier molecular flexibility index (Phi) is 4.47. The van der Waals surface area contributed by atoms with E-state index in [1.807, 2.05) is 0 Å². The Labute approximate surface area is 124 Å². The minimum atomic E-state index is 0.636. The van der Waals surface area contributed by atoms with Crippen LogP contribution in [0.25, 0.3) is 10.2 Å². The van der Waals surface area contributed by atoms with Gasteiger partial charge < -0.3 is 10.2 Å². The Balaban J connectivity index is 1.54. The molecule has 3 heterocycles. The van der Waals surface area contributed by atoms with Crippen LogP contribution in [0.3, 0.4) is 0 Å². The maximum Gasteiger partial charge on any atom is 0.138 e. The van der Waals surface area contributed by atoms with Crippen LogP contribution in [0.5, 0.6) is 0 Å². The number of likely N-dealkylation sites (tertiary alicyclic amines) is 1. The summed E-state index contributed by atoms with van der Waals surface area (Å²) in [5, 5.41) is 6.70. The van der Waals surface area contributed by atoms with Crippen LogP contribution >= 0.6 is 11.3 Å². The summed E-state index contributed by atoms with van der Waals surface area (Å²) in [4.78, 5) is 12.3. The van der Waals surface area contributed by atoms with Gasteiger partial charge in [0, 0.05) is 13.1 Å². The molecule has 4 nitrogen and oxygen atoms in total. The van der Waals surface area contributed by atoms with Crippen molar-refractivity contribution in [3.8, 4) is 0 Å². The first-order valence-corrected chi connectivity index (χ1v) is 8.35. The molecule has 1 N–H and O–H groups in total. The number of nitrogens with zero attached hydrogens (tertiary/aromatic N) is 3.